The van der Waals surface area contributed by atoms with Crippen LogP contribution in [-0.4, -0.2) is 55.3 Å². The minimum atomic E-state index is -4.60. The smallest absolute Gasteiger partial charge is 0.385 e. The Morgan fingerprint density at radius 1 is 1.23 bits per heavy atom. The van der Waals surface area contributed by atoms with Crippen molar-refractivity contribution in [3.05, 3.63) is 29.5 Å². The van der Waals surface area contributed by atoms with E-state index in [0.717, 1.165) is 17.3 Å². The van der Waals surface area contributed by atoms with Crippen LogP contribution < -0.4 is 5.32 Å². The first-order valence-corrected chi connectivity index (χ1v) is 10.3. The molecule has 30 heavy (non-hydrogen) atoms. The van der Waals surface area contributed by atoms with E-state index in [4.69, 9.17) is 4.74 Å². The van der Waals surface area contributed by atoms with E-state index < -0.39 is 17.1 Å². The number of halogens is 3. The number of amides is 1. The fourth-order valence-electron chi connectivity index (χ4n) is 2.35. The third kappa shape index (κ3) is 5.73. The maximum Gasteiger partial charge on any atom is 0.445 e. The Balaban J connectivity index is 1.67. The molecule has 160 valence electrons. The monoisotopic (exact) mass is 459 g/mol. The van der Waals surface area contributed by atoms with E-state index in [-0.39, 0.29) is 22.2 Å². The Kier molecular flexibility index (Phi) is 7.33. The van der Waals surface area contributed by atoms with E-state index in [1.54, 1.807) is 31.6 Å². The molecule has 14 heteroatoms. The average Bonchev–Trinajstić information content (AvgIpc) is 3.34. The van der Waals surface area contributed by atoms with E-state index in [9.17, 15) is 18.0 Å². The first kappa shape index (κ1) is 22.1. The number of carbonyl (C=O) groups excluding carboxylic acids is 1. The summed E-state index contributed by atoms with van der Waals surface area (Å²) >= 11 is 1.38. The third-order valence-electron chi connectivity index (χ3n) is 3.63. The van der Waals surface area contributed by atoms with Gasteiger partial charge in [-0.1, -0.05) is 23.1 Å². The number of aromatic nitrogens is 6. The summed E-state index contributed by atoms with van der Waals surface area (Å²) in [5.41, 5.74) is 0.819. The minimum absolute atomic E-state index is 0.0836. The molecule has 9 nitrogen and oxygen atoms in total. The van der Waals surface area contributed by atoms with Crippen LogP contribution >= 0.6 is 23.1 Å². The second kappa shape index (κ2) is 9.95. The number of anilines is 1. The van der Waals surface area contributed by atoms with Crippen LogP contribution in [0.3, 0.4) is 0 Å². The summed E-state index contributed by atoms with van der Waals surface area (Å²) in [7, 11) is 1.60. The first-order chi connectivity index (χ1) is 14.4. The Bertz CT molecular complexity index is 979. The van der Waals surface area contributed by atoms with Crippen molar-refractivity contribution in [3.8, 4) is 11.4 Å². The van der Waals surface area contributed by atoms with Gasteiger partial charge >= 0.3 is 6.18 Å². The zero-order valence-electron chi connectivity index (χ0n) is 15.6. The van der Waals surface area contributed by atoms with Crippen molar-refractivity contribution in [1.82, 2.24) is 29.9 Å². The topological polar surface area (TPSA) is 108 Å². The van der Waals surface area contributed by atoms with E-state index >= 15 is 0 Å². The number of pyridine rings is 1. The lowest BCUT2D eigenvalue weighted by molar-refractivity contribution is -0.138. The molecular weight excluding hydrogens is 443 g/mol. The molecule has 0 atom stereocenters. The SMILES string of the molecule is COCCCn1c(SCC(=O)Nc2nnc(C(F)(F)F)s2)nnc1-c1ccncc1. The van der Waals surface area contributed by atoms with Crippen molar-refractivity contribution in [1.29, 1.82) is 0 Å². The van der Waals surface area contributed by atoms with Crippen LogP contribution in [0.25, 0.3) is 11.4 Å². The van der Waals surface area contributed by atoms with Crippen LogP contribution in [0.5, 0.6) is 0 Å². The van der Waals surface area contributed by atoms with Gasteiger partial charge in [-0.25, -0.2) is 0 Å². The highest BCUT2D eigenvalue weighted by Gasteiger charge is 2.35. The first-order valence-electron chi connectivity index (χ1n) is 8.54. The maximum atomic E-state index is 12.6. The van der Waals surface area contributed by atoms with Gasteiger partial charge in [-0.2, -0.15) is 13.2 Å². The molecule has 3 aromatic rings. The van der Waals surface area contributed by atoms with Gasteiger partial charge in [0.1, 0.15) is 0 Å². The standard InChI is InChI=1S/C16H16F3N7O2S2/c1-28-8-2-7-26-12(10-3-5-20-6-4-10)22-25-15(26)29-9-11(27)21-14-24-23-13(30-14)16(17,18)19/h3-6H,2,7-9H2,1H3,(H,21,24,27). The molecule has 0 bridgehead atoms. The molecule has 0 saturated heterocycles. The number of thioether (sulfide) groups is 1. The summed E-state index contributed by atoms with van der Waals surface area (Å²) in [6, 6.07) is 3.59. The molecule has 1 N–H and O–H groups in total. The van der Waals surface area contributed by atoms with E-state index in [1.165, 1.54) is 0 Å². The van der Waals surface area contributed by atoms with Gasteiger partial charge in [-0.15, -0.1) is 20.4 Å². The van der Waals surface area contributed by atoms with Gasteiger partial charge in [0.15, 0.2) is 11.0 Å². The highest BCUT2D eigenvalue weighted by Crippen LogP contribution is 2.33. The molecule has 0 unspecified atom stereocenters. The van der Waals surface area contributed by atoms with Gasteiger partial charge in [0.05, 0.1) is 5.75 Å². The number of hydrogen-bond acceptors (Lipinski definition) is 9. The highest BCUT2D eigenvalue weighted by atomic mass is 32.2. The van der Waals surface area contributed by atoms with Crippen molar-refractivity contribution < 1.29 is 22.7 Å². The zero-order chi connectivity index (χ0) is 21.6. The number of alkyl halides is 3. The van der Waals surface area contributed by atoms with Crippen molar-refractivity contribution in [2.75, 3.05) is 24.8 Å². The molecule has 1 amide bonds. The van der Waals surface area contributed by atoms with Gasteiger partial charge in [0, 0.05) is 38.2 Å². The summed E-state index contributed by atoms with van der Waals surface area (Å²) in [4.78, 5) is 16.1. The molecule has 0 radical (unpaired) electrons. The van der Waals surface area contributed by atoms with Crippen LogP contribution in [0.1, 0.15) is 11.4 Å². The molecule has 0 fully saturated rings. The van der Waals surface area contributed by atoms with Crippen LogP contribution in [-0.2, 0) is 22.3 Å². The van der Waals surface area contributed by atoms with Crippen LogP contribution in [0, 0.1) is 0 Å². The van der Waals surface area contributed by atoms with Gasteiger partial charge < -0.3 is 9.30 Å². The summed E-state index contributed by atoms with van der Waals surface area (Å²) < 4.78 is 44.7. The van der Waals surface area contributed by atoms with Crippen molar-refractivity contribution in [2.24, 2.45) is 0 Å². The summed E-state index contributed by atoms with van der Waals surface area (Å²) in [5.74, 6) is 0.0109. The number of nitrogens with zero attached hydrogens (tertiary/aromatic N) is 6. The molecule has 0 aliphatic heterocycles. The van der Waals surface area contributed by atoms with Crippen molar-refractivity contribution in [3.63, 3.8) is 0 Å². The van der Waals surface area contributed by atoms with E-state index in [0.29, 0.717) is 30.6 Å². The van der Waals surface area contributed by atoms with Gasteiger partial charge in [-0.05, 0) is 18.6 Å². The summed E-state index contributed by atoms with van der Waals surface area (Å²) in [5, 5.41) is 16.2. The molecule has 3 heterocycles. The van der Waals surface area contributed by atoms with Crippen molar-refractivity contribution in [2.45, 2.75) is 24.3 Å². The van der Waals surface area contributed by atoms with Gasteiger partial charge in [0.2, 0.25) is 16.0 Å². The lowest BCUT2D eigenvalue weighted by Gasteiger charge is -2.09. The van der Waals surface area contributed by atoms with Gasteiger partial charge in [0.25, 0.3) is 0 Å². The fraction of sp³-hybridized carbons (Fsp3) is 0.375. The van der Waals surface area contributed by atoms with Crippen LogP contribution in [0.4, 0.5) is 18.3 Å². The quantitative estimate of drug-likeness (QED) is 0.384. The maximum absolute atomic E-state index is 12.6. The number of carbonyl (C=O) groups is 1. The fourth-order valence-corrected chi connectivity index (χ4v) is 3.74. The van der Waals surface area contributed by atoms with Crippen LogP contribution in [0.15, 0.2) is 29.7 Å². The molecule has 0 aliphatic rings. The Morgan fingerprint density at radius 2 is 2.00 bits per heavy atom. The predicted octanol–water partition coefficient (Wildman–Crippen LogP) is 2.98. The summed E-state index contributed by atoms with van der Waals surface area (Å²) in [6.07, 6.45) is -0.614. The molecule has 0 aromatic carbocycles. The molecule has 0 saturated carbocycles. The number of rotatable bonds is 9. The lowest BCUT2D eigenvalue weighted by Crippen LogP contribution is -2.14. The molecule has 3 aromatic heterocycles. The lowest BCUT2D eigenvalue weighted by atomic mass is 10.2. The zero-order valence-corrected chi connectivity index (χ0v) is 17.2. The Labute approximate surface area is 177 Å². The molecule has 0 aliphatic carbocycles. The number of methoxy groups -OCH3 is 1. The normalized spacial score (nSPS) is 11.6. The summed E-state index contributed by atoms with van der Waals surface area (Å²) in [6.45, 7) is 1.10. The van der Waals surface area contributed by atoms with E-state index in [2.05, 4.69) is 30.7 Å². The van der Waals surface area contributed by atoms with Crippen LogP contribution in [0.2, 0.25) is 0 Å². The molecule has 3 rings (SSSR count). The minimum Gasteiger partial charge on any atom is -0.385 e. The Morgan fingerprint density at radius 3 is 2.67 bits per heavy atom. The number of ether oxygens (including phenoxy) is 1. The third-order valence-corrected chi connectivity index (χ3v) is 5.48. The molecular formula is C16H16F3N7O2S2. The average molecular weight is 459 g/mol. The second-order valence-corrected chi connectivity index (χ2v) is 7.71. The van der Waals surface area contributed by atoms with Gasteiger partial charge in [-0.3, -0.25) is 15.1 Å². The van der Waals surface area contributed by atoms with Crippen molar-refractivity contribution >= 4 is 34.1 Å². The second-order valence-electron chi connectivity index (χ2n) is 5.79. The number of hydrogen-bond donors (Lipinski definition) is 1. The Hall–Kier alpha value is -2.58. The van der Waals surface area contributed by atoms with E-state index in [1.807, 2.05) is 4.57 Å². The molecule has 0 spiro atoms. The predicted molar refractivity (Wildman–Crippen MR) is 104 cm³/mol. The highest BCUT2D eigenvalue weighted by molar-refractivity contribution is 7.99. The largest absolute Gasteiger partial charge is 0.445 e. The number of nitrogens with one attached hydrogen (secondary N) is 1.